The number of likely N-dealkylation sites (tertiary alicyclic amines) is 1. The normalized spacial score (nSPS) is 21.0. The Balaban J connectivity index is 1.76. The van der Waals surface area contributed by atoms with Gasteiger partial charge in [0.15, 0.2) is 25.0 Å². The van der Waals surface area contributed by atoms with Crippen molar-refractivity contribution in [1.82, 2.24) is 14.9 Å². The molecule has 13 heteroatoms. The largest absolute Gasteiger partial charge is 0.415 e. The monoisotopic (exact) mass is 802 g/mol. The van der Waals surface area contributed by atoms with Gasteiger partial charge in [-0.3, -0.25) is 25.0 Å². The molecule has 3 rings (SSSR count). The molecule has 10 nitrogen and oxygen atoms in total. The van der Waals surface area contributed by atoms with Crippen LogP contribution in [0, 0.1) is 16.0 Å². The lowest BCUT2D eigenvalue weighted by molar-refractivity contribution is -0.383. The molecule has 2 aromatic rings. The molecule has 1 saturated heterocycles. The van der Waals surface area contributed by atoms with Crippen LogP contribution in [0.5, 0.6) is 0 Å². The first-order valence-corrected chi connectivity index (χ1v) is 28.9. The van der Waals surface area contributed by atoms with Crippen LogP contribution < -0.4 is 5.32 Å². The smallest absolute Gasteiger partial charge is 0.292 e. The number of nitrogens with one attached hydrogen (secondary N) is 1. The Morgan fingerprint density at radius 3 is 1.94 bits per heavy atom. The van der Waals surface area contributed by atoms with Crippen LogP contribution in [0.25, 0.3) is 11.3 Å². The third-order valence-electron chi connectivity index (χ3n) is 12.9. The maximum atomic E-state index is 11.9. The van der Waals surface area contributed by atoms with Crippen molar-refractivity contribution in [2.45, 2.75) is 168 Å². The van der Waals surface area contributed by atoms with Crippen molar-refractivity contribution >= 4 is 36.3 Å². The van der Waals surface area contributed by atoms with Crippen molar-refractivity contribution in [3.05, 3.63) is 46.9 Å². The number of benzene rings is 1. The number of nitro groups is 1. The Kier molecular flexibility index (Phi) is 15.5. The molecule has 0 amide bonds. The van der Waals surface area contributed by atoms with Gasteiger partial charge in [-0.2, -0.15) is 0 Å². The quantitative estimate of drug-likeness (QED) is 0.0723. The summed E-state index contributed by atoms with van der Waals surface area (Å²) in [6.45, 7) is 40.7. The van der Waals surface area contributed by atoms with Gasteiger partial charge in [0.05, 0.1) is 41.7 Å². The number of piperidine rings is 1. The van der Waals surface area contributed by atoms with Gasteiger partial charge in [-0.15, -0.1) is 0 Å². The summed E-state index contributed by atoms with van der Waals surface area (Å²) in [6.07, 6.45) is 8.83. The van der Waals surface area contributed by atoms with Gasteiger partial charge in [-0.05, 0) is 85.8 Å². The summed E-state index contributed by atoms with van der Waals surface area (Å²) in [5.74, 6) is 0.318. The predicted octanol–water partition coefficient (Wildman–Crippen LogP) is 11.1. The predicted molar refractivity (Wildman–Crippen MR) is 233 cm³/mol. The van der Waals surface area contributed by atoms with Crippen molar-refractivity contribution in [3.8, 4) is 11.3 Å². The highest BCUT2D eigenvalue weighted by Gasteiger charge is 2.52. The molecule has 54 heavy (non-hydrogen) atoms. The van der Waals surface area contributed by atoms with E-state index in [1.807, 2.05) is 6.07 Å². The SMILES string of the molecule is C[C@H]1CN(CCCCCCNc2ccc(-c3cnccn3)cc2[N+](=O)[O-])[C@H](CO[Si](C)(C)C(C)(C)C)[C@@H](O[Si](C)(C)C(C)(C)C)[C@@H]1O[Si](C)(C)C(C)(C)C. The highest BCUT2D eigenvalue weighted by molar-refractivity contribution is 6.75. The van der Waals surface area contributed by atoms with Crippen molar-refractivity contribution in [1.29, 1.82) is 0 Å². The average molecular weight is 802 g/mol. The first-order chi connectivity index (χ1) is 24.7. The van der Waals surface area contributed by atoms with Gasteiger partial charge in [-0.1, -0.05) is 88.1 Å². The first-order valence-electron chi connectivity index (χ1n) is 20.2. The summed E-state index contributed by atoms with van der Waals surface area (Å²) in [4.78, 5) is 22.6. The second-order valence-electron chi connectivity index (χ2n) is 20.2. The van der Waals surface area contributed by atoms with Crippen LogP contribution in [0.2, 0.25) is 54.4 Å². The molecule has 0 radical (unpaired) electrons. The Morgan fingerprint density at radius 1 is 0.833 bits per heavy atom. The molecule has 2 heterocycles. The number of rotatable bonds is 17. The number of nitrogens with zero attached hydrogens (tertiary/aromatic N) is 4. The Morgan fingerprint density at radius 2 is 1.41 bits per heavy atom. The van der Waals surface area contributed by atoms with E-state index < -0.39 is 25.0 Å². The molecule has 0 saturated carbocycles. The van der Waals surface area contributed by atoms with Gasteiger partial charge in [0.2, 0.25) is 0 Å². The lowest BCUT2D eigenvalue weighted by Gasteiger charge is -2.54. The van der Waals surface area contributed by atoms with Gasteiger partial charge in [-0.25, -0.2) is 0 Å². The third-order valence-corrected chi connectivity index (χ3v) is 26.3. The van der Waals surface area contributed by atoms with Crippen LogP contribution in [-0.4, -0.2) is 89.2 Å². The number of hydrogen-bond acceptors (Lipinski definition) is 9. The number of unbranched alkanes of at least 4 members (excludes halogenated alkanes) is 3. The first kappa shape index (κ1) is 46.4. The van der Waals surface area contributed by atoms with Crippen LogP contribution >= 0.6 is 0 Å². The van der Waals surface area contributed by atoms with Gasteiger partial charge in [0.1, 0.15) is 5.69 Å². The van der Waals surface area contributed by atoms with Gasteiger partial charge in [0.25, 0.3) is 5.69 Å². The lowest BCUT2D eigenvalue weighted by Crippen LogP contribution is -2.66. The molecule has 0 bridgehead atoms. The fraction of sp³-hybridized carbons (Fsp3) is 0.756. The number of aromatic nitrogens is 2. The van der Waals surface area contributed by atoms with Crippen LogP contribution in [-0.2, 0) is 13.3 Å². The summed E-state index contributed by atoms with van der Waals surface area (Å²) in [6, 6.07) is 5.30. The summed E-state index contributed by atoms with van der Waals surface area (Å²) < 4.78 is 21.9. The van der Waals surface area contributed by atoms with E-state index in [2.05, 4.69) is 129 Å². The Bertz CT molecular complexity index is 1510. The molecule has 1 aliphatic heterocycles. The van der Waals surface area contributed by atoms with Gasteiger partial charge < -0.3 is 18.6 Å². The van der Waals surface area contributed by atoms with Gasteiger partial charge >= 0.3 is 0 Å². The Hall–Kier alpha value is -2.01. The number of anilines is 1. The highest BCUT2D eigenvalue weighted by Crippen LogP contribution is 2.44. The summed E-state index contributed by atoms with van der Waals surface area (Å²) >= 11 is 0. The number of nitro benzene ring substituents is 1. The fourth-order valence-electron chi connectivity index (χ4n) is 6.15. The average Bonchev–Trinajstić information content (AvgIpc) is 3.04. The minimum absolute atomic E-state index is 0.00843. The van der Waals surface area contributed by atoms with E-state index in [0.29, 0.717) is 36.0 Å². The molecule has 1 aliphatic rings. The van der Waals surface area contributed by atoms with E-state index in [0.717, 1.165) is 38.8 Å². The van der Waals surface area contributed by atoms with Crippen LogP contribution in [0.1, 0.15) is 94.9 Å². The van der Waals surface area contributed by atoms with Crippen LogP contribution in [0.4, 0.5) is 11.4 Å². The van der Waals surface area contributed by atoms with E-state index in [4.69, 9.17) is 13.3 Å². The zero-order valence-corrected chi connectivity index (χ0v) is 39.8. The maximum Gasteiger partial charge on any atom is 0.292 e. The van der Waals surface area contributed by atoms with Gasteiger partial charge in [0, 0.05) is 37.1 Å². The molecular weight excluding hydrogens is 727 g/mol. The zero-order chi connectivity index (χ0) is 40.9. The van der Waals surface area contributed by atoms with E-state index in [-0.39, 0.29) is 44.0 Å². The minimum atomic E-state index is -2.17. The molecule has 0 aliphatic carbocycles. The Labute approximate surface area is 331 Å². The number of hydrogen-bond donors (Lipinski definition) is 1. The van der Waals surface area contributed by atoms with Crippen molar-refractivity contribution < 1.29 is 18.2 Å². The molecule has 1 fully saturated rings. The topological polar surface area (TPSA) is 112 Å². The van der Waals surface area contributed by atoms with Crippen LogP contribution in [0.3, 0.4) is 0 Å². The molecule has 306 valence electrons. The van der Waals surface area contributed by atoms with E-state index in [9.17, 15) is 10.1 Å². The van der Waals surface area contributed by atoms with E-state index in [1.165, 1.54) is 0 Å². The molecule has 1 aromatic carbocycles. The second kappa shape index (κ2) is 18.1. The minimum Gasteiger partial charge on any atom is -0.415 e. The molecule has 0 spiro atoms. The molecule has 1 aromatic heterocycles. The summed E-state index contributed by atoms with van der Waals surface area (Å²) in [7, 11) is -6.30. The molecule has 0 unspecified atom stereocenters. The molecular formula is C41H75N5O5Si3. The van der Waals surface area contributed by atoms with Crippen LogP contribution in [0.15, 0.2) is 36.8 Å². The van der Waals surface area contributed by atoms with Crippen molar-refractivity contribution in [2.75, 3.05) is 31.6 Å². The van der Waals surface area contributed by atoms with Crippen molar-refractivity contribution in [3.63, 3.8) is 0 Å². The van der Waals surface area contributed by atoms with Crippen molar-refractivity contribution in [2.24, 2.45) is 5.92 Å². The zero-order valence-electron chi connectivity index (χ0n) is 36.8. The van der Waals surface area contributed by atoms with E-state index in [1.54, 1.807) is 30.7 Å². The van der Waals surface area contributed by atoms with E-state index >= 15 is 0 Å². The standard InChI is InChI=1S/C41H75N5O5Si3/c1-31-29-45(26-20-18-17-19-23-43-33-22-21-32(27-35(33)46(47)48)34-28-42-24-25-44-34)36(30-49-52(11,12)39(2,3)4)38(51-54(15,16)41(8,9)10)37(31)50-53(13,14)40(5,6)7/h21-22,24-25,27-28,31,36-38,43H,17-20,23,26,29-30H2,1-16H3/t31-,36+,37+,38+/m0/s1. The fourth-order valence-corrected chi connectivity index (χ4v) is 9.89. The second-order valence-corrected chi connectivity index (χ2v) is 34.5. The highest BCUT2D eigenvalue weighted by atomic mass is 28.4. The third kappa shape index (κ3) is 12.0. The molecule has 1 N–H and O–H groups in total. The summed E-state index contributed by atoms with van der Waals surface area (Å²) in [5.41, 5.74) is 1.87. The molecule has 4 atom stereocenters. The lowest BCUT2D eigenvalue weighted by atomic mass is 9.88. The summed E-state index contributed by atoms with van der Waals surface area (Å²) in [5, 5.41) is 15.5. The maximum absolute atomic E-state index is 11.9.